The molecule has 1 saturated carbocycles. The molecule has 8 nitrogen and oxygen atoms in total. The molecular weight excluding hydrogens is 653 g/mol. The zero-order valence-corrected chi connectivity index (χ0v) is 29.5. The lowest BCUT2D eigenvalue weighted by atomic mass is 9.81. The van der Waals surface area contributed by atoms with Crippen LogP contribution in [0.5, 0.6) is 0 Å². The van der Waals surface area contributed by atoms with Crippen LogP contribution in [0.15, 0.2) is 152 Å². The highest BCUT2D eigenvalue weighted by atomic mass is 15.5. The smallest absolute Gasteiger partial charge is 0.179 e. The first-order valence-corrected chi connectivity index (χ1v) is 18.2. The lowest BCUT2D eigenvalue weighted by Gasteiger charge is -2.44. The van der Waals surface area contributed by atoms with Crippen molar-refractivity contribution < 1.29 is 0 Å². The Hall–Kier alpha value is -6.54. The molecule has 0 spiro atoms. The van der Waals surface area contributed by atoms with Crippen molar-refractivity contribution in [3.63, 3.8) is 0 Å². The van der Waals surface area contributed by atoms with E-state index in [9.17, 15) is 0 Å². The second-order valence-electron chi connectivity index (χ2n) is 14.7. The van der Waals surface area contributed by atoms with Crippen LogP contribution in [0.2, 0.25) is 0 Å². The molecule has 256 valence electrons. The van der Waals surface area contributed by atoms with E-state index in [1.54, 1.807) is 0 Å². The van der Waals surface area contributed by atoms with Crippen LogP contribution >= 0.6 is 0 Å². The molecule has 0 saturated heterocycles. The zero-order valence-electron chi connectivity index (χ0n) is 29.5. The molecule has 7 aromatic rings. The first kappa shape index (κ1) is 30.1. The van der Waals surface area contributed by atoms with Crippen molar-refractivity contribution in [1.82, 2.24) is 19.9 Å². The van der Waals surface area contributed by atoms with Crippen LogP contribution in [0.25, 0.3) is 17.1 Å². The van der Waals surface area contributed by atoms with Crippen molar-refractivity contribution in [2.24, 2.45) is 11.3 Å². The van der Waals surface area contributed by atoms with Crippen LogP contribution in [-0.2, 0) is 5.41 Å². The van der Waals surface area contributed by atoms with Gasteiger partial charge in [-0.25, -0.2) is 19.9 Å². The van der Waals surface area contributed by atoms with Crippen LogP contribution < -0.4 is 19.6 Å². The van der Waals surface area contributed by atoms with Gasteiger partial charge in [0, 0.05) is 46.2 Å². The van der Waals surface area contributed by atoms with Gasteiger partial charge in [-0.2, -0.15) is 0 Å². The molecule has 8 heteroatoms. The second kappa shape index (κ2) is 10.7. The lowest BCUT2D eigenvalue weighted by molar-refractivity contribution is 0.350. The summed E-state index contributed by atoms with van der Waals surface area (Å²) < 4.78 is 0. The average Bonchev–Trinajstić information content (AvgIpc) is 3.43. The molecule has 0 amide bonds. The Labute approximate surface area is 308 Å². The van der Waals surface area contributed by atoms with Crippen molar-refractivity contribution >= 4 is 63.1 Å². The molecule has 53 heavy (non-hydrogen) atoms. The number of hydrogen-bond acceptors (Lipinski definition) is 8. The predicted molar refractivity (Wildman–Crippen MR) is 213 cm³/mol. The molecule has 2 aromatic heterocycles. The van der Waals surface area contributed by atoms with E-state index >= 15 is 0 Å². The quantitative estimate of drug-likeness (QED) is 0.177. The fraction of sp³-hybridized carbons (Fsp3) is 0.156. The molecule has 11 rings (SSSR count). The van der Waals surface area contributed by atoms with Gasteiger partial charge in [-0.1, -0.05) is 111 Å². The van der Waals surface area contributed by atoms with Gasteiger partial charge in [0.15, 0.2) is 23.3 Å². The Bertz CT molecular complexity index is 2590. The molecule has 0 radical (unpaired) electrons. The van der Waals surface area contributed by atoms with Crippen LogP contribution in [0.4, 0.5) is 46.0 Å². The maximum absolute atomic E-state index is 5.44. The van der Waals surface area contributed by atoms with Gasteiger partial charge < -0.3 is 19.6 Å². The molecule has 4 aliphatic rings. The summed E-state index contributed by atoms with van der Waals surface area (Å²) in [6.07, 6.45) is 5.24. The van der Waals surface area contributed by atoms with Crippen molar-refractivity contribution in [1.29, 1.82) is 0 Å². The van der Waals surface area contributed by atoms with E-state index in [2.05, 4.69) is 161 Å². The molecule has 1 fully saturated rings. The summed E-state index contributed by atoms with van der Waals surface area (Å²) in [7, 11) is 0. The number of nitrogens with zero attached hydrogens (tertiary/aromatic N) is 8. The third-order valence-electron chi connectivity index (χ3n) is 12.5. The van der Waals surface area contributed by atoms with Crippen molar-refractivity contribution in [2.45, 2.75) is 31.6 Å². The van der Waals surface area contributed by atoms with Gasteiger partial charge in [0.25, 0.3) is 0 Å². The molecule has 5 unspecified atom stereocenters. The van der Waals surface area contributed by atoms with Gasteiger partial charge in [0.05, 0.1) is 16.7 Å². The van der Waals surface area contributed by atoms with Crippen molar-refractivity contribution in [2.75, 3.05) is 19.6 Å². The van der Waals surface area contributed by atoms with Crippen LogP contribution in [0.1, 0.15) is 25.0 Å². The Morgan fingerprint density at radius 2 is 1.08 bits per heavy atom. The van der Waals surface area contributed by atoms with Gasteiger partial charge in [-0.3, -0.25) is 0 Å². The minimum atomic E-state index is -0.333. The first-order chi connectivity index (χ1) is 26.1. The predicted octanol–water partition coefficient (Wildman–Crippen LogP) is 9.90. The van der Waals surface area contributed by atoms with Crippen LogP contribution in [-0.4, -0.2) is 32.3 Å². The standard InChI is InChI=1S/C45H36N8/c1-4-29-17-11-15-25-35(29)52-41-40(48-33-23-13-14-24-34(33)49-41)50(30-18-7-5-8-19-30)42(52)37-44(2)32-22-12-16-26-36(32)53-39-38(46-27-28-47-39)51(43(53)45(37,44)3)31-20-9-6-10-21-31/h4-28,37,42-43H,1H2,2-3H3. The highest BCUT2D eigenvalue weighted by molar-refractivity contribution is 5.93. The highest BCUT2D eigenvalue weighted by Gasteiger charge is 2.83. The molecular formula is C45H36N8. The summed E-state index contributed by atoms with van der Waals surface area (Å²) in [6, 6.07) is 47.0. The summed E-state index contributed by atoms with van der Waals surface area (Å²) >= 11 is 0. The summed E-state index contributed by atoms with van der Waals surface area (Å²) in [5.41, 5.74) is 7.84. The zero-order chi connectivity index (χ0) is 35.5. The lowest BCUT2D eigenvalue weighted by Crippen LogP contribution is -2.51. The number of benzene rings is 5. The Morgan fingerprint density at radius 3 is 1.74 bits per heavy atom. The monoisotopic (exact) mass is 688 g/mol. The van der Waals surface area contributed by atoms with Crippen LogP contribution in [0.3, 0.4) is 0 Å². The van der Waals surface area contributed by atoms with Gasteiger partial charge >= 0.3 is 0 Å². The van der Waals surface area contributed by atoms with E-state index in [-0.39, 0.29) is 29.1 Å². The maximum Gasteiger partial charge on any atom is 0.179 e. The number of rotatable bonds is 5. The molecule has 0 N–H and O–H groups in total. The van der Waals surface area contributed by atoms with Crippen LogP contribution in [0, 0.1) is 11.3 Å². The summed E-state index contributed by atoms with van der Waals surface area (Å²) in [6.45, 7) is 9.22. The topological polar surface area (TPSA) is 64.5 Å². The number of anilines is 8. The minimum Gasteiger partial charge on any atom is -0.301 e. The van der Waals surface area contributed by atoms with Crippen molar-refractivity contribution in [3.05, 3.63) is 164 Å². The first-order valence-electron chi connectivity index (χ1n) is 18.2. The third kappa shape index (κ3) is 3.79. The summed E-state index contributed by atoms with van der Waals surface area (Å²) in [5.74, 6) is 3.49. The summed E-state index contributed by atoms with van der Waals surface area (Å²) in [4.78, 5) is 30.7. The van der Waals surface area contributed by atoms with Gasteiger partial charge in [-0.15, -0.1) is 0 Å². The Kier molecular flexibility index (Phi) is 6.11. The molecule has 5 aromatic carbocycles. The van der Waals surface area contributed by atoms with E-state index in [0.29, 0.717) is 0 Å². The second-order valence-corrected chi connectivity index (χ2v) is 14.7. The normalized spacial score (nSPS) is 24.7. The van der Waals surface area contributed by atoms with E-state index in [1.807, 2.05) is 30.6 Å². The number of aromatic nitrogens is 4. The SMILES string of the molecule is C=Cc1ccccc1N1c2nc3ccccc3nc2N(c2ccccc2)C1C1C2(C)c3ccccc3N3c4nccnc4N(c4ccccc4)C3C12C. The largest absolute Gasteiger partial charge is 0.301 e. The van der Waals surface area contributed by atoms with E-state index < -0.39 is 0 Å². The van der Waals surface area contributed by atoms with Gasteiger partial charge in [0.2, 0.25) is 0 Å². The Morgan fingerprint density at radius 1 is 0.547 bits per heavy atom. The minimum absolute atomic E-state index is 0.0591. The number of hydrogen-bond donors (Lipinski definition) is 0. The fourth-order valence-corrected chi connectivity index (χ4v) is 10.1. The van der Waals surface area contributed by atoms with E-state index in [4.69, 9.17) is 19.9 Å². The van der Waals surface area contributed by atoms with Crippen molar-refractivity contribution in [3.8, 4) is 0 Å². The van der Waals surface area contributed by atoms with E-state index in [0.717, 1.165) is 56.9 Å². The molecule has 5 atom stereocenters. The summed E-state index contributed by atoms with van der Waals surface area (Å²) in [5, 5.41) is 0. The average molecular weight is 689 g/mol. The third-order valence-corrected chi connectivity index (χ3v) is 12.5. The highest BCUT2D eigenvalue weighted by Crippen LogP contribution is 2.80. The Balaban J connectivity index is 1.21. The fourth-order valence-electron chi connectivity index (χ4n) is 10.1. The van der Waals surface area contributed by atoms with E-state index in [1.165, 1.54) is 11.3 Å². The molecule has 3 aliphatic heterocycles. The van der Waals surface area contributed by atoms with Gasteiger partial charge in [-0.05, 0) is 59.7 Å². The molecule has 1 aliphatic carbocycles. The number of para-hydroxylation sites is 6. The maximum atomic E-state index is 5.44. The molecule has 5 heterocycles. The van der Waals surface area contributed by atoms with Gasteiger partial charge in [0.1, 0.15) is 12.3 Å². The molecule has 0 bridgehead atoms. The number of fused-ring (bicyclic) bond motifs is 10.